The van der Waals surface area contributed by atoms with Crippen LogP contribution in [-0.2, 0) is 15.6 Å². The lowest BCUT2D eigenvalue weighted by molar-refractivity contribution is -0.410. The Morgan fingerprint density at radius 1 is 1.07 bits per heavy atom. The first-order chi connectivity index (χ1) is 13.2. The monoisotopic (exact) mass is 411 g/mol. The highest BCUT2D eigenvalue weighted by molar-refractivity contribution is 7.94. The number of halogens is 1. The van der Waals surface area contributed by atoms with Gasteiger partial charge >= 0.3 is 5.03 Å². The average Bonchev–Trinajstić information content (AvgIpc) is 2.66. The smallest absolute Gasteiger partial charge is 0.360 e. The van der Waals surface area contributed by atoms with Crippen LogP contribution in [0.4, 0.5) is 4.39 Å². The third-order valence-corrected chi connectivity index (χ3v) is 5.41. The third-order valence-electron chi connectivity index (χ3n) is 3.79. The fraction of sp³-hybridized carbons (Fsp3) is 0.222. The van der Waals surface area contributed by atoms with E-state index in [4.69, 9.17) is 14.2 Å². The molecule has 0 fully saturated rings. The molecule has 0 amide bonds. The Morgan fingerprint density at radius 3 is 2.04 bits per heavy atom. The standard InChI is InChI=1S/C18H18FNO7S/c1-25-14-8-16(26-2)15(17(9-14)27-3)10-18(20(21)22)28(23,24)11-12-4-6-13(19)7-5-12/h4-10H,11H2,1-3H3/b18-10+. The van der Waals surface area contributed by atoms with Gasteiger partial charge in [-0.1, -0.05) is 12.1 Å². The van der Waals surface area contributed by atoms with E-state index in [-0.39, 0.29) is 22.6 Å². The lowest BCUT2D eigenvalue weighted by Crippen LogP contribution is -2.14. The van der Waals surface area contributed by atoms with E-state index in [1.807, 2.05) is 0 Å². The molecule has 0 saturated carbocycles. The molecule has 0 bridgehead atoms. The molecule has 0 N–H and O–H groups in total. The van der Waals surface area contributed by atoms with Crippen LogP contribution in [0.2, 0.25) is 0 Å². The van der Waals surface area contributed by atoms with Crippen LogP contribution in [0.5, 0.6) is 17.2 Å². The summed E-state index contributed by atoms with van der Waals surface area (Å²) in [7, 11) is -0.291. The van der Waals surface area contributed by atoms with Gasteiger partial charge < -0.3 is 14.2 Å². The van der Waals surface area contributed by atoms with Gasteiger partial charge in [0.1, 0.15) is 23.1 Å². The zero-order valence-corrected chi connectivity index (χ0v) is 16.2. The van der Waals surface area contributed by atoms with Gasteiger partial charge in [0.25, 0.3) is 0 Å². The lowest BCUT2D eigenvalue weighted by atomic mass is 10.1. The van der Waals surface area contributed by atoms with Crippen molar-refractivity contribution in [2.24, 2.45) is 0 Å². The van der Waals surface area contributed by atoms with Gasteiger partial charge in [-0.3, -0.25) is 10.1 Å². The number of hydrogen-bond donors (Lipinski definition) is 0. The molecule has 0 aromatic heterocycles. The summed E-state index contributed by atoms with van der Waals surface area (Å²) < 4.78 is 53.8. The van der Waals surface area contributed by atoms with Crippen molar-refractivity contribution in [3.05, 3.63) is 68.5 Å². The van der Waals surface area contributed by atoms with Gasteiger partial charge in [-0.25, -0.2) is 12.8 Å². The molecular formula is C18H18FNO7S. The molecule has 0 aliphatic heterocycles. The normalized spacial score (nSPS) is 11.8. The lowest BCUT2D eigenvalue weighted by Gasteiger charge is -2.12. The van der Waals surface area contributed by atoms with Crippen molar-refractivity contribution >= 4 is 15.9 Å². The summed E-state index contributed by atoms with van der Waals surface area (Å²) in [4.78, 5) is 10.5. The van der Waals surface area contributed by atoms with Gasteiger partial charge in [0, 0.05) is 18.2 Å². The van der Waals surface area contributed by atoms with Crippen molar-refractivity contribution in [2.75, 3.05) is 21.3 Å². The Labute approximate surface area is 161 Å². The molecule has 0 radical (unpaired) electrons. The molecule has 0 heterocycles. The molecule has 8 nitrogen and oxygen atoms in total. The van der Waals surface area contributed by atoms with E-state index in [0.717, 1.165) is 18.2 Å². The molecule has 28 heavy (non-hydrogen) atoms. The minimum Gasteiger partial charge on any atom is -0.496 e. The van der Waals surface area contributed by atoms with E-state index in [1.165, 1.54) is 45.6 Å². The number of ether oxygens (including phenoxy) is 3. The summed E-state index contributed by atoms with van der Waals surface area (Å²) in [6.07, 6.45) is 0.871. The Balaban J connectivity index is 2.58. The topological polar surface area (TPSA) is 105 Å². The van der Waals surface area contributed by atoms with Crippen LogP contribution in [0.15, 0.2) is 41.4 Å². The average molecular weight is 411 g/mol. The Hall–Kier alpha value is -3.14. The van der Waals surface area contributed by atoms with Crippen molar-refractivity contribution in [3.63, 3.8) is 0 Å². The first-order valence-electron chi connectivity index (χ1n) is 7.85. The number of nitrogens with zero attached hydrogens (tertiary/aromatic N) is 1. The van der Waals surface area contributed by atoms with Crippen molar-refractivity contribution < 1.29 is 31.9 Å². The molecule has 2 aromatic rings. The number of hydrogen-bond acceptors (Lipinski definition) is 7. The maximum absolute atomic E-state index is 13.0. The fourth-order valence-electron chi connectivity index (χ4n) is 2.43. The van der Waals surface area contributed by atoms with Gasteiger partial charge in [-0.05, 0) is 17.7 Å². The SMILES string of the molecule is COc1cc(OC)c(/C=C(\[N+](=O)[O-])S(=O)(=O)Cc2ccc(F)cc2)c(OC)c1. The Morgan fingerprint density at radius 2 is 1.61 bits per heavy atom. The van der Waals surface area contributed by atoms with Crippen LogP contribution in [-0.4, -0.2) is 34.7 Å². The molecule has 0 atom stereocenters. The molecule has 10 heteroatoms. The maximum atomic E-state index is 13.0. The third kappa shape index (κ3) is 4.77. The quantitative estimate of drug-likeness (QED) is 0.486. The summed E-state index contributed by atoms with van der Waals surface area (Å²) >= 11 is 0. The second-order valence-electron chi connectivity index (χ2n) is 5.57. The molecule has 2 rings (SSSR count). The van der Waals surface area contributed by atoms with E-state index in [2.05, 4.69) is 0 Å². The summed E-state index contributed by atoms with van der Waals surface area (Å²) in [5.74, 6) is -0.581. The molecule has 2 aromatic carbocycles. The van der Waals surface area contributed by atoms with E-state index in [1.54, 1.807) is 0 Å². The van der Waals surface area contributed by atoms with Crippen LogP contribution < -0.4 is 14.2 Å². The molecule has 150 valence electrons. The zero-order valence-electron chi connectivity index (χ0n) is 15.3. The van der Waals surface area contributed by atoms with Gasteiger partial charge in [-0.15, -0.1) is 0 Å². The van der Waals surface area contributed by atoms with E-state index in [9.17, 15) is 22.9 Å². The van der Waals surface area contributed by atoms with Gasteiger partial charge in [0.15, 0.2) is 0 Å². The van der Waals surface area contributed by atoms with E-state index >= 15 is 0 Å². The molecule has 0 unspecified atom stereocenters. The minimum atomic E-state index is -4.35. The number of nitro groups is 1. The summed E-state index contributed by atoms with van der Waals surface area (Å²) in [6.45, 7) is 0. The fourth-order valence-corrected chi connectivity index (χ4v) is 3.73. The molecule has 0 aliphatic carbocycles. The predicted octanol–water partition coefficient (Wildman–Crippen LogP) is 3.04. The van der Waals surface area contributed by atoms with Crippen molar-refractivity contribution in [2.45, 2.75) is 5.75 Å². The van der Waals surface area contributed by atoms with Gasteiger partial charge in [0.2, 0.25) is 9.84 Å². The van der Waals surface area contributed by atoms with Crippen molar-refractivity contribution in [3.8, 4) is 17.2 Å². The minimum absolute atomic E-state index is 0.0696. The van der Waals surface area contributed by atoms with Gasteiger partial charge in [0.05, 0.1) is 37.6 Å². The molecule has 0 spiro atoms. The maximum Gasteiger partial charge on any atom is 0.360 e. The number of rotatable bonds is 8. The first kappa shape index (κ1) is 21.2. The van der Waals surface area contributed by atoms with E-state index in [0.29, 0.717) is 5.75 Å². The second kappa shape index (κ2) is 8.70. The summed E-state index contributed by atoms with van der Waals surface area (Å²) in [5, 5.41) is 10.5. The summed E-state index contributed by atoms with van der Waals surface area (Å²) in [6, 6.07) is 7.54. The second-order valence-corrected chi connectivity index (χ2v) is 7.51. The molecule has 0 saturated heterocycles. The number of benzene rings is 2. The van der Waals surface area contributed by atoms with Crippen LogP contribution >= 0.6 is 0 Å². The van der Waals surface area contributed by atoms with Crippen LogP contribution in [0.25, 0.3) is 6.08 Å². The number of methoxy groups -OCH3 is 3. The highest BCUT2D eigenvalue weighted by atomic mass is 32.2. The highest BCUT2D eigenvalue weighted by Crippen LogP contribution is 2.36. The van der Waals surface area contributed by atoms with Crippen LogP contribution in [0.3, 0.4) is 0 Å². The zero-order chi connectivity index (χ0) is 20.9. The van der Waals surface area contributed by atoms with Crippen molar-refractivity contribution in [1.82, 2.24) is 0 Å². The van der Waals surface area contributed by atoms with Gasteiger partial charge in [-0.2, -0.15) is 0 Å². The van der Waals surface area contributed by atoms with Crippen molar-refractivity contribution in [1.29, 1.82) is 0 Å². The van der Waals surface area contributed by atoms with Crippen LogP contribution in [0, 0.1) is 15.9 Å². The largest absolute Gasteiger partial charge is 0.496 e. The van der Waals surface area contributed by atoms with E-state index < -0.39 is 31.4 Å². The Bertz CT molecular complexity index is 976. The number of sulfone groups is 1. The first-order valence-corrected chi connectivity index (χ1v) is 9.50. The summed E-state index contributed by atoms with van der Waals surface area (Å²) in [5.41, 5.74) is 0.281. The van der Waals surface area contributed by atoms with Crippen LogP contribution in [0.1, 0.15) is 11.1 Å². The molecule has 0 aliphatic rings. The Kier molecular flexibility index (Phi) is 6.57. The predicted molar refractivity (Wildman–Crippen MR) is 100 cm³/mol. The highest BCUT2D eigenvalue weighted by Gasteiger charge is 2.31. The molecular weight excluding hydrogens is 393 g/mol.